The van der Waals surface area contributed by atoms with Crippen LogP contribution in [0.25, 0.3) is 0 Å². The molecule has 2 N–H and O–H groups in total. The number of nitrogen functional groups attached to an aromatic ring is 1. The van der Waals surface area contributed by atoms with Crippen molar-refractivity contribution >= 4 is 17.3 Å². The Labute approximate surface area is 104 Å². The van der Waals surface area contributed by atoms with Gasteiger partial charge in [-0.05, 0) is 31.4 Å². The Balaban J connectivity index is 2.78. The molecule has 0 bridgehead atoms. The van der Waals surface area contributed by atoms with Crippen molar-refractivity contribution in [2.45, 2.75) is 33.6 Å². The van der Waals surface area contributed by atoms with E-state index in [9.17, 15) is 4.79 Å². The molecule has 0 radical (unpaired) electrons. The van der Waals surface area contributed by atoms with Crippen molar-refractivity contribution in [1.29, 1.82) is 0 Å². The Morgan fingerprint density at radius 1 is 1.35 bits per heavy atom. The maximum absolute atomic E-state index is 12.1. The molecule has 0 spiro atoms. The number of hydrogen-bond donors (Lipinski definition) is 1. The molecule has 0 unspecified atom stereocenters. The standard InChI is InChI=1S/C14H22N2O/c1-4-16(14(17)10-9-11(2)3)13-8-6-5-7-12(13)15/h5-8,11H,4,9-10,15H2,1-3H3. The minimum atomic E-state index is 0.152. The smallest absolute Gasteiger partial charge is 0.227 e. The Morgan fingerprint density at radius 3 is 2.53 bits per heavy atom. The maximum atomic E-state index is 12.1. The molecule has 0 fully saturated rings. The lowest BCUT2D eigenvalue weighted by Crippen LogP contribution is -2.31. The van der Waals surface area contributed by atoms with Crippen LogP contribution in [0.2, 0.25) is 0 Å². The topological polar surface area (TPSA) is 46.3 Å². The predicted octanol–water partition coefficient (Wildman–Crippen LogP) is 3.06. The van der Waals surface area contributed by atoms with E-state index < -0.39 is 0 Å². The zero-order chi connectivity index (χ0) is 12.8. The molecule has 3 heteroatoms. The minimum absolute atomic E-state index is 0.152. The third-order valence-corrected chi connectivity index (χ3v) is 2.78. The van der Waals surface area contributed by atoms with Gasteiger partial charge in [-0.3, -0.25) is 4.79 Å². The van der Waals surface area contributed by atoms with Gasteiger partial charge in [-0.2, -0.15) is 0 Å². The monoisotopic (exact) mass is 234 g/mol. The van der Waals surface area contributed by atoms with Crippen molar-refractivity contribution in [3.63, 3.8) is 0 Å². The average Bonchev–Trinajstić information content (AvgIpc) is 2.30. The van der Waals surface area contributed by atoms with Crippen molar-refractivity contribution < 1.29 is 4.79 Å². The molecule has 1 aromatic rings. The summed E-state index contributed by atoms with van der Waals surface area (Å²) in [7, 11) is 0. The van der Waals surface area contributed by atoms with E-state index in [1.165, 1.54) is 0 Å². The van der Waals surface area contributed by atoms with Gasteiger partial charge in [0.1, 0.15) is 0 Å². The van der Waals surface area contributed by atoms with Gasteiger partial charge in [-0.1, -0.05) is 26.0 Å². The van der Waals surface area contributed by atoms with E-state index in [4.69, 9.17) is 5.73 Å². The SMILES string of the molecule is CCN(C(=O)CCC(C)C)c1ccccc1N. The third-order valence-electron chi connectivity index (χ3n) is 2.78. The summed E-state index contributed by atoms with van der Waals surface area (Å²) in [6, 6.07) is 7.51. The number of para-hydroxylation sites is 2. The number of anilines is 2. The lowest BCUT2D eigenvalue weighted by molar-refractivity contribution is -0.118. The number of nitrogens with zero attached hydrogens (tertiary/aromatic N) is 1. The Bertz CT molecular complexity index is 374. The van der Waals surface area contributed by atoms with Crippen LogP contribution in [0, 0.1) is 5.92 Å². The van der Waals surface area contributed by atoms with Crippen molar-refractivity contribution in [2.24, 2.45) is 5.92 Å². The van der Waals surface area contributed by atoms with Crippen LogP contribution in [0.5, 0.6) is 0 Å². The molecule has 17 heavy (non-hydrogen) atoms. The summed E-state index contributed by atoms with van der Waals surface area (Å²) in [6.45, 7) is 6.88. The van der Waals surface area contributed by atoms with Crippen molar-refractivity contribution in [1.82, 2.24) is 0 Å². The second-order valence-electron chi connectivity index (χ2n) is 4.63. The van der Waals surface area contributed by atoms with Gasteiger partial charge in [0.15, 0.2) is 0 Å². The van der Waals surface area contributed by atoms with E-state index in [2.05, 4.69) is 13.8 Å². The number of carbonyl (C=O) groups excluding carboxylic acids is 1. The van der Waals surface area contributed by atoms with Crippen LogP contribution in [-0.2, 0) is 4.79 Å². The largest absolute Gasteiger partial charge is 0.397 e. The number of benzene rings is 1. The Morgan fingerprint density at radius 2 is 2.00 bits per heavy atom. The first-order valence-corrected chi connectivity index (χ1v) is 6.21. The lowest BCUT2D eigenvalue weighted by Gasteiger charge is -2.23. The van der Waals surface area contributed by atoms with Crippen LogP contribution in [0.15, 0.2) is 24.3 Å². The molecule has 0 aliphatic carbocycles. The molecule has 1 rings (SSSR count). The molecular weight excluding hydrogens is 212 g/mol. The first-order valence-electron chi connectivity index (χ1n) is 6.21. The van der Waals surface area contributed by atoms with Gasteiger partial charge in [-0.15, -0.1) is 0 Å². The summed E-state index contributed by atoms with van der Waals surface area (Å²) in [5, 5.41) is 0. The van der Waals surface area contributed by atoms with Crippen molar-refractivity contribution in [3.05, 3.63) is 24.3 Å². The molecule has 0 atom stereocenters. The van der Waals surface area contributed by atoms with E-state index in [0.717, 1.165) is 12.1 Å². The van der Waals surface area contributed by atoms with Gasteiger partial charge in [-0.25, -0.2) is 0 Å². The van der Waals surface area contributed by atoms with Gasteiger partial charge in [0.2, 0.25) is 5.91 Å². The highest BCUT2D eigenvalue weighted by Crippen LogP contribution is 2.23. The number of carbonyl (C=O) groups is 1. The second-order valence-corrected chi connectivity index (χ2v) is 4.63. The van der Waals surface area contributed by atoms with E-state index in [1.54, 1.807) is 4.90 Å². The first-order chi connectivity index (χ1) is 8.06. The highest BCUT2D eigenvalue weighted by Gasteiger charge is 2.15. The van der Waals surface area contributed by atoms with Crippen LogP contribution < -0.4 is 10.6 Å². The molecule has 0 aliphatic rings. The number of rotatable bonds is 5. The van der Waals surface area contributed by atoms with Gasteiger partial charge >= 0.3 is 0 Å². The fourth-order valence-electron chi connectivity index (χ4n) is 1.76. The highest BCUT2D eigenvalue weighted by molar-refractivity contribution is 5.96. The number of amides is 1. The van der Waals surface area contributed by atoms with Crippen LogP contribution in [0.1, 0.15) is 33.6 Å². The fourth-order valence-corrected chi connectivity index (χ4v) is 1.76. The third kappa shape index (κ3) is 3.77. The molecule has 3 nitrogen and oxygen atoms in total. The van der Waals surface area contributed by atoms with E-state index in [0.29, 0.717) is 24.6 Å². The quantitative estimate of drug-likeness (QED) is 0.796. The highest BCUT2D eigenvalue weighted by atomic mass is 16.2. The second kappa shape index (κ2) is 6.28. The Kier molecular flexibility index (Phi) is 5.01. The summed E-state index contributed by atoms with van der Waals surface area (Å²) in [5.74, 6) is 0.699. The molecule has 0 heterocycles. The Hall–Kier alpha value is -1.51. The summed E-state index contributed by atoms with van der Waals surface area (Å²) < 4.78 is 0. The van der Waals surface area contributed by atoms with Gasteiger partial charge in [0, 0.05) is 13.0 Å². The van der Waals surface area contributed by atoms with E-state index in [1.807, 2.05) is 31.2 Å². The molecule has 1 aromatic carbocycles. The van der Waals surface area contributed by atoms with E-state index >= 15 is 0 Å². The van der Waals surface area contributed by atoms with Gasteiger partial charge < -0.3 is 10.6 Å². The van der Waals surface area contributed by atoms with Crippen molar-refractivity contribution in [2.75, 3.05) is 17.2 Å². The number of hydrogen-bond acceptors (Lipinski definition) is 2. The lowest BCUT2D eigenvalue weighted by atomic mass is 10.1. The molecule has 0 saturated carbocycles. The summed E-state index contributed by atoms with van der Waals surface area (Å²) in [5.41, 5.74) is 7.38. The first kappa shape index (κ1) is 13.6. The molecular formula is C14H22N2O. The van der Waals surface area contributed by atoms with E-state index in [-0.39, 0.29) is 5.91 Å². The normalized spacial score (nSPS) is 10.6. The molecule has 0 saturated heterocycles. The van der Waals surface area contributed by atoms with Crippen molar-refractivity contribution in [3.8, 4) is 0 Å². The zero-order valence-corrected chi connectivity index (χ0v) is 10.9. The van der Waals surface area contributed by atoms with Crippen LogP contribution >= 0.6 is 0 Å². The number of nitrogens with two attached hydrogens (primary N) is 1. The summed E-state index contributed by atoms with van der Waals surface area (Å²) in [6.07, 6.45) is 1.50. The molecule has 94 valence electrons. The summed E-state index contributed by atoms with van der Waals surface area (Å²) >= 11 is 0. The maximum Gasteiger partial charge on any atom is 0.227 e. The van der Waals surface area contributed by atoms with Crippen LogP contribution in [-0.4, -0.2) is 12.5 Å². The molecule has 0 aliphatic heterocycles. The minimum Gasteiger partial charge on any atom is -0.397 e. The van der Waals surface area contributed by atoms with Crippen LogP contribution in [0.4, 0.5) is 11.4 Å². The van der Waals surface area contributed by atoms with Gasteiger partial charge in [0.05, 0.1) is 11.4 Å². The average molecular weight is 234 g/mol. The molecule has 1 amide bonds. The zero-order valence-electron chi connectivity index (χ0n) is 10.9. The molecule has 0 aromatic heterocycles. The van der Waals surface area contributed by atoms with Gasteiger partial charge in [0.25, 0.3) is 0 Å². The fraction of sp³-hybridized carbons (Fsp3) is 0.500. The van der Waals surface area contributed by atoms with Crippen LogP contribution in [0.3, 0.4) is 0 Å². The predicted molar refractivity (Wildman–Crippen MR) is 73.0 cm³/mol. The summed E-state index contributed by atoms with van der Waals surface area (Å²) in [4.78, 5) is 13.9.